The van der Waals surface area contributed by atoms with Crippen molar-refractivity contribution >= 4 is 5.91 Å². The molecule has 2 aromatic heterocycles. The molecule has 3 heterocycles. The summed E-state index contributed by atoms with van der Waals surface area (Å²) in [4.78, 5) is 18.9. The number of aromatic nitrogens is 3. The number of aryl methyl sites for hydroxylation is 1. The second-order valence-corrected chi connectivity index (χ2v) is 6.12. The minimum atomic E-state index is -0.415. The summed E-state index contributed by atoms with van der Waals surface area (Å²) in [5, 5.41) is 7.82. The maximum atomic E-state index is 12.7. The van der Waals surface area contributed by atoms with Gasteiger partial charge in [0.25, 0.3) is 11.8 Å². The highest BCUT2D eigenvalue weighted by Gasteiger charge is 2.40. The standard InChI is InChI=1S/C15H18N4O4/c1-8-7-11(22-17-8)15(20)19-5-6-21-9(2)12(19)14-16-13(18-23-14)10-3-4-10/h7,9-10,12H,3-6H2,1-2H3/t9-,12+/m1/s1. The molecule has 0 N–H and O–H groups in total. The van der Waals surface area contributed by atoms with Gasteiger partial charge in [-0.2, -0.15) is 4.98 Å². The van der Waals surface area contributed by atoms with Crippen molar-refractivity contribution in [2.45, 2.75) is 44.8 Å². The Morgan fingerprint density at radius 2 is 2.13 bits per heavy atom. The van der Waals surface area contributed by atoms with Crippen molar-refractivity contribution in [1.29, 1.82) is 0 Å². The molecule has 0 bridgehead atoms. The SMILES string of the molecule is Cc1cc(C(=O)N2CCO[C@H](C)[C@H]2c2nc(C3CC3)no2)on1. The average molecular weight is 318 g/mol. The molecular weight excluding hydrogens is 300 g/mol. The van der Waals surface area contributed by atoms with E-state index in [9.17, 15) is 4.79 Å². The predicted molar refractivity (Wildman–Crippen MR) is 76.7 cm³/mol. The van der Waals surface area contributed by atoms with Crippen molar-refractivity contribution in [2.75, 3.05) is 13.2 Å². The lowest BCUT2D eigenvalue weighted by atomic mass is 10.1. The molecule has 2 fully saturated rings. The van der Waals surface area contributed by atoms with E-state index in [0.29, 0.717) is 30.7 Å². The number of morpholine rings is 1. The van der Waals surface area contributed by atoms with Crippen LogP contribution in [0, 0.1) is 6.92 Å². The van der Waals surface area contributed by atoms with E-state index in [0.717, 1.165) is 18.7 Å². The summed E-state index contributed by atoms with van der Waals surface area (Å²) in [6, 6.07) is 1.21. The Balaban J connectivity index is 1.63. The molecule has 2 aliphatic rings. The van der Waals surface area contributed by atoms with Crippen LogP contribution in [0.5, 0.6) is 0 Å². The molecule has 0 aromatic carbocycles. The second-order valence-electron chi connectivity index (χ2n) is 6.12. The van der Waals surface area contributed by atoms with Gasteiger partial charge in [-0.25, -0.2) is 0 Å². The number of ether oxygens (including phenoxy) is 1. The van der Waals surface area contributed by atoms with Crippen molar-refractivity contribution in [3.63, 3.8) is 0 Å². The van der Waals surface area contributed by atoms with E-state index in [-0.39, 0.29) is 17.8 Å². The topological polar surface area (TPSA) is 94.5 Å². The van der Waals surface area contributed by atoms with Gasteiger partial charge < -0.3 is 18.7 Å². The zero-order chi connectivity index (χ0) is 16.0. The van der Waals surface area contributed by atoms with Crippen molar-refractivity contribution in [1.82, 2.24) is 20.2 Å². The van der Waals surface area contributed by atoms with Crippen molar-refractivity contribution in [2.24, 2.45) is 0 Å². The third-order valence-corrected chi connectivity index (χ3v) is 4.25. The lowest BCUT2D eigenvalue weighted by molar-refractivity contribution is -0.0610. The van der Waals surface area contributed by atoms with Crippen molar-refractivity contribution in [3.8, 4) is 0 Å². The molecule has 0 unspecified atom stereocenters. The molecular formula is C15H18N4O4. The first-order valence-corrected chi connectivity index (χ1v) is 7.83. The Morgan fingerprint density at radius 1 is 1.30 bits per heavy atom. The van der Waals surface area contributed by atoms with E-state index in [2.05, 4.69) is 15.3 Å². The van der Waals surface area contributed by atoms with Crippen LogP contribution in [-0.4, -0.2) is 45.4 Å². The fourth-order valence-corrected chi connectivity index (χ4v) is 2.86. The summed E-state index contributed by atoms with van der Waals surface area (Å²) in [5.41, 5.74) is 0.667. The zero-order valence-corrected chi connectivity index (χ0v) is 13.1. The number of rotatable bonds is 3. The Bertz CT molecular complexity index is 721. The number of hydrogen-bond donors (Lipinski definition) is 0. The Kier molecular flexibility index (Phi) is 3.41. The molecule has 1 saturated heterocycles. The molecule has 122 valence electrons. The molecule has 1 aliphatic carbocycles. The van der Waals surface area contributed by atoms with E-state index in [1.807, 2.05) is 6.92 Å². The Morgan fingerprint density at radius 3 is 2.83 bits per heavy atom. The smallest absolute Gasteiger partial charge is 0.293 e. The minimum absolute atomic E-state index is 0.212. The normalized spacial score (nSPS) is 24.9. The number of nitrogens with zero attached hydrogens (tertiary/aromatic N) is 4. The molecule has 0 radical (unpaired) electrons. The Labute approximate surface area is 132 Å². The molecule has 1 amide bonds. The van der Waals surface area contributed by atoms with Crippen LogP contribution < -0.4 is 0 Å². The van der Waals surface area contributed by atoms with Crippen LogP contribution in [0.2, 0.25) is 0 Å². The molecule has 23 heavy (non-hydrogen) atoms. The maximum absolute atomic E-state index is 12.7. The fourth-order valence-electron chi connectivity index (χ4n) is 2.86. The monoisotopic (exact) mass is 318 g/mol. The molecule has 2 atom stereocenters. The number of carbonyl (C=O) groups excluding carboxylic acids is 1. The maximum Gasteiger partial charge on any atom is 0.293 e. The predicted octanol–water partition coefficient (Wildman–Crippen LogP) is 1.85. The van der Waals surface area contributed by atoms with Gasteiger partial charge in [0, 0.05) is 18.5 Å². The summed E-state index contributed by atoms with van der Waals surface area (Å²) >= 11 is 0. The summed E-state index contributed by atoms with van der Waals surface area (Å²) in [5.74, 6) is 1.51. The number of carbonyl (C=O) groups is 1. The van der Waals surface area contributed by atoms with E-state index in [4.69, 9.17) is 13.8 Å². The zero-order valence-electron chi connectivity index (χ0n) is 13.1. The van der Waals surface area contributed by atoms with Gasteiger partial charge in [0.2, 0.25) is 5.76 Å². The third-order valence-electron chi connectivity index (χ3n) is 4.25. The van der Waals surface area contributed by atoms with Gasteiger partial charge in [0.1, 0.15) is 6.04 Å². The van der Waals surface area contributed by atoms with Gasteiger partial charge in [-0.1, -0.05) is 10.3 Å². The fraction of sp³-hybridized carbons (Fsp3) is 0.600. The van der Waals surface area contributed by atoms with Crippen LogP contribution in [0.1, 0.15) is 59.7 Å². The van der Waals surface area contributed by atoms with Crippen LogP contribution in [-0.2, 0) is 4.74 Å². The lowest BCUT2D eigenvalue weighted by Gasteiger charge is -2.37. The highest BCUT2D eigenvalue weighted by atomic mass is 16.5. The van der Waals surface area contributed by atoms with Gasteiger partial charge in [-0.05, 0) is 26.7 Å². The van der Waals surface area contributed by atoms with Gasteiger partial charge in [0.05, 0.1) is 18.4 Å². The minimum Gasteiger partial charge on any atom is -0.374 e. The third kappa shape index (κ3) is 2.63. The van der Waals surface area contributed by atoms with E-state index >= 15 is 0 Å². The molecule has 2 aromatic rings. The van der Waals surface area contributed by atoms with E-state index in [1.165, 1.54) is 0 Å². The Hall–Kier alpha value is -2.22. The van der Waals surface area contributed by atoms with Crippen molar-refractivity contribution in [3.05, 3.63) is 29.2 Å². The van der Waals surface area contributed by atoms with E-state index in [1.54, 1.807) is 17.9 Å². The molecule has 1 aliphatic heterocycles. The lowest BCUT2D eigenvalue weighted by Crippen LogP contribution is -2.47. The summed E-state index contributed by atoms with van der Waals surface area (Å²) < 4.78 is 16.2. The largest absolute Gasteiger partial charge is 0.374 e. The molecule has 0 spiro atoms. The average Bonchev–Trinajstić information content (AvgIpc) is 3.12. The summed E-state index contributed by atoms with van der Waals surface area (Å²) in [7, 11) is 0. The van der Waals surface area contributed by atoms with Crippen LogP contribution in [0.3, 0.4) is 0 Å². The van der Waals surface area contributed by atoms with Crippen LogP contribution in [0.25, 0.3) is 0 Å². The molecule has 4 rings (SSSR count). The highest BCUT2D eigenvalue weighted by Crippen LogP contribution is 2.39. The molecule has 8 heteroatoms. The molecule has 1 saturated carbocycles. The van der Waals surface area contributed by atoms with Crippen LogP contribution in [0.15, 0.2) is 15.1 Å². The van der Waals surface area contributed by atoms with Crippen LogP contribution >= 0.6 is 0 Å². The van der Waals surface area contributed by atoms with Crippen LogP contribution in [0.4, 0.5) is 0 Å². The first kappa shape index (κ1) is 14.4. The van der Waals surface area contributed by atoms with Gasteiger partial charge in [-0.3, -0.25) is 4.79 Å². The first-order valence-electron chi connectivity index (χ1n) is 7.83. The number of hydrogen-bond acceptors (Lipinski definition) is 7. The molecule has 8 nitrogen and oxygen atoms in total. The van der Waals surface area contributed by atoms with Crippen molar-refractivity contribution < 1.29 is 18.6 Å². The highest BCUT2D eigenvalue weighted by molar-refractivity contribution is 5.91. The quantitative estimate of drug-likeness (QED) is 0.852. The second kappa shape index (κ2) is 5.45. The summed E-state index contributed by atoms with van der Waals surface area (Å²) in [6.07, 6.45) is 1.95. The van der Waals surface area contributed by atoms with E-state index < -0.39 is 6.04 Å². The van der Waals surface area contributed by atoms with Gasteiger partial charge in [-0.15, -0.1) is 0 Å². The van der Waals surface area contributed by atoms with Gasteiger partial charge in [0.15, 0.2) is 5.82 Å². The summed E-state index contributed by atoms with van der Waals surface area (Å²) in [6.45, 7) is 4.57. The number of amides is 1. The first-order chi connectivity index (χ1) is 11.1. The van der Waals surface area contributed by atoms with Gasteiger partial charge >= 0.3 is 0 Å².